The lowest BCUT2D eigenvalue weighted by molar-refractivity contribution is 0.245. The molecule has 1 aliphatic heterocycles. The molecule has 2 aromatic rings. The van der Waals surface area contributed by atoms with Gasteiger partial charge < -0.3 is 16.0 Å². The van der Waals surface area contributed by atoms with Crippen LogP contribution in [0.15, 0.2) is 42.5 Å². The zero-order valence-corrected chi connectivity index (χ0v) is 12.6. The molecular formula is C16H20ClN3O. The van der Waals surface area contributed by atoms with Crippen molar-refractivity contribution < 1.29 is 4.79 Å². The number of anilines is 1. The van der Waals surface area contributed by atoms with E-state index in [1.54, 1.807) is 0 Å². The van der Waals surface area contributed by atoms with Gasteiger partial charge in [0.1, 0.15) is 0 Å². The fraction of sp³-hybridized carbons (Fsp3) is 0.312. The third kappa shape index (κ3) is 4.09. The summed E-state index contributed by atoms with van der Waals surface area (Å²) in [6.07, 6.45) is 1.98. The summed E-state index contributed by atoms with van der Waals surface area (Å²) in [7, 11) is 0. The van der Waals surface area contributed by atoms with E-state index in [1.807, 2.05) is 36.4 Å². The minimum Gasteiger partial charge on any atom is -0.335 e. The first-order valence-electron chi connectivity index (χ1n) is 7.08. The van der Waals surface area contributed by atoms with Crippen LogP contribution in [0.1, 0.15) is 12.8 Å². The lowest BCUT2D eigenvalue weighted by Crippen LogP contribution is -2.44. The van der Waals surface area contributed by atoms with Crippen molar-refractivity contribution in [1.82, 2.24) is 10.6 Å². The van der Waals surface area contributed by atoms with E-state index < -0.39 is 0 Å². The van der Waals surface area contributed by atoms with Crippen molar-refractivity contribution in [2.45, 2.75) is 18.9 Å². The van der Waals surface area contributed by atoms with Crippen LogP contribution in [0.3, 0.4) is 0 Å². The topological polar surface area (TPSA) is 53.2 Å². The molecule has 0 aromatic heterocycles. The van der Waals surface area contributed by atoms with Gasteiger partial charge in [0.2, 0.25) is 0 Å². The van der Waals surface area contributed by atoms with Crippen LogP contribution in [0.25, 0.3) is 10.8 Å². The monoisotopic (exact) mass is 305 g/mol. The number of halogens is 1. The van der Waals surface area contributed by atoms with Gasteiger partial charge in [-0.1, -0.05) is 30.3 Å². The number of fused-ring (bicyclic) bond motifs is 1. The van der Waals surface area contributed by atoms with Gasteiger partial charge in [0, 0.05) is 11.7 Å². The zero-order chi connectivity index (χ0) is 13.8. The van der Waals surface area contributed by atoms with E-state index in [1.165, 1.54) is 5.39 Å². The Labute approximate surface area is 130 Å². The highest BCUT2D eigenvalue weighted by Crippen LogP contribution is 2.18. The van der Waals surface area contributed by atoms with Crippen molar-refractivity contribution >= 4 is 34.9 Å². The molecule has 3 rings (SSSR count). The minimum absolute atomic E-state index is 0. The molecule has 0 saturated carbocycles. The number of hydrogen-bond donors (Lipinski definition) is 3. The van der Waals surface area contributed by atoms with E-state index in [-0.39, 0.29) is 24.5 Å². The summed E-state index contributed by atoms with van der Waals surface area (Å²) in [5.74, 6) is 0. The number of nitrogens with one attached hydrogen (secondary N) is 3. The lowest BCUT2D eigenvalue weighted by Gasteiger charge is -2.23. The normalized spacial score (nSPS) is 15.2. The van der Waals surface area contributed by atoms with Crippen LogP contribution in [0, 0.1) is 0 Å². The summed E-state index contributed by atoms with van der Waals surface area (Å²) in [6, 6.07) is 14.2. The van der Waals surface area contributed by atoms with Crippen LogP contribution in [-0.4, -0.2) is 25.2 Å². The van der Waals surface area contributed by atoms with E-state index in [0.29, 0.717) is 0 Å². The molecule has 0 atom stereocenters. The first kappa shape index (κ1) is 15.6. The molecule has 1 aliphatic rings. The van der Waals surface area contributed by atoms with Gasteiger partial charge >= 0.3 is 6.03 Å². The number of amides is 2. The summed E-state index contributed by atoms with van der Waals surface area (Å²) in [4.78, 5) is 12.0. The molecule has 0 unspecified atom stereocenters. The molecule has 5 heteroatoms. The van der Waals surface area contributed by atoms with Crippen molar-refractivity contribution in [3.63, 3.8) is 0 Å². The Hall–Kier alpha value is -1.78. The Kier molecular flexibility index (Phi) is 5.42. The van der Waals surface area contributed by atoms with E-state index >= 15 is 0 Å². The Bertz CT molecular complexity index is 611. The largest absolute Gasteiger partial charge is 0.335 e. The molecule has 1 fully saturated rings. The van der Waals surface area contributed by atoms with Crippen LogP contribution in [0.4, 0.5) is 10.5 Å². The molecule has 2 aromatic carbocycles. The predicted molar refractivity (Wildman–Crippen MR) is 89.2 cm³/mol. The second-order valence-electron chi connectivity index (χ2n) is 5.18. The number of carbonyl (C=O) groups excluding carboxylic acids is 1. The predicted octanol–water partition coefficient (Wildman–Crippen LogP) is 3.14. The fourth-order valence-electron chi connectivity index (χ4n) is 2.59. The molecule has 21 heavy (non-hydrogen) atoms. The molecule has 4 nitrogen and oxygen atoms in total. The van der Waals surface area contributed by atoms with Gasteiger partial charge in [-0.05, 0) is 48.8 Å². The molecule has 3 N–H and O–H groups in total. The van der Waals surface area contributed by atoms with Crippen molar-refractivity contribution in [3.05, 3.63) is 42.5 Å². The van der Waals surface area contributed by atoms with Gasteiger partial charge in [-0.2, -0.15) is 0 Å². The summed E-state index contributed by atoms with van der Waals surface area (Å²) >= 11 is 0. The summed E-state index contributed by atoms with van der Waals surface area (Å²) in [5, 5.41) is 11.5. The van der Waals surface area contributed by atoms with Gasteiger partial charge in [0.05, 0.1) is 0 Å². The van der Waals surface area contributed by atoms with Crippen molar-refractivity contribution in [2.24, 2.45) is 0 Å². The van der Waals surface area contributed by atoms with Gasteiger partial charge in [0.15, 0.2) is 0 Å². The Morgan fingerprint density at radius 2 is 1.76 bits per heavy atom. The van der Waals surface area contributed by atoms with Crippen LogP contribution >= 0.6 is 12.4 Å². The highest BCUT2D eigenvalue weighted by molar-refractivity contribution is 5.93. The van der Waals surface area contributed by atoms with Crippen molar-refractivity contribution in [3.8, 4) is 0 Å². The van der Waals surface area contributed by atoms with Crippen LogP contribution in [0.2, 0.25) is 0 Å². The SMILES string of the molecule is Cl.O=C(Nc1ccc2ccccc2c1)NC1CCNCC1. The Morgan fingerprint density at radius 3 is 2.52 bits per heavy atom. The summed E-state index contributed by atoms with van der Waals surface area (Å²) in [6.45, 7) is 1.95. The Morgan fingerprint density at radius 1 is 1.05 bits per heavy atom. The maximum Gasteiger partial charge on any atom is 0.319 e. The zero-order valence-electron chi connectivity index (χ0n) is 11.8. The molecule has 0 spiro atoms. The standard InChI is InChI=1S/C16H19N3O.ClH/c20-16(18-14-7-9-17-10-8-14)19-15-6-5-12-3-1-2-4-13(12)11-15;/h1-6,11,14,17H,7-10H2,(H2,18,19,20);1H. The number of urea groups is 1. The number of hydrogen-bond acceptors (Lipinski definition) is 2. The fourth-order valence-corrected chi connectivity index (χ4v) is 2.59. The average molecular weight is 306 g/mol. The number of rotatable bonds is 2. The van der Waals surface area contributed by atoms with Crippen molar-refractivity contribution in [1.29, 1.82) is 0 Å². The third-order valence-electron chi connectivity index (χ3n) is 3.68. The molecule has 0 bridgehead atoms. The van der Waals surface area contributed by atoms with Gasteiger partial charge in [0.25, 0.3) is 0 Å². The molecule has 0 aliphatic carbocycles. The van der Waals surface area contributed by atoms with Gasteiger partial charge in [-0.15, -0.1) is 12.4 Å². The quantitative estimate of drug-likeness (QED) is 0.798. The molecule has 1 saturated heterocycles. The third-order valence-corrected chi connectivity index (χ3v) is 3.68. The lowest BCUT2D eigenvalue weighted by atomic mass is 10.1. The van der Waals surface area contributed by atoms with Gasteiger partial charge in [-0.3, -0.25) is 0 Å². The van der Waals surface area contributed by atoms with Crippen LogP contribution in [-0.2, 0) is 0 Å². The summed E-state index contributed by atoms with van der Waals surface area (Å²) < 4.78 is 0. The molecule has 1 heterocycles. The smallest absolute Gasteiger partial charge is 0.319 e. The molecule has 0 radical (unpaired) electrons. The van der Waals surface area contributed by atoms with E-state index in [9.17, 15) is 4.79 Å². The van der Waals surface area contributed by atoms with E-state index in [0.717, 1.165) is 37.0 Å². The number of piperidine rings is 1. The number of benzene rings is 2. The van der Waals surface area contributed by atoms with E-state index in [2.05, 4.69) is 22.0 Å². The van der Waals surface area contributed by atoms with Crippen LogP contribution < -0.4 is 16.0 Å². The van der Waals surface area contributed by atoms with Gasteiger partial charge in [-0.25, -0.2) is 4.79 Å². The maximum absolute atomic E-state index is 12.0. The Balaban J connectivity index is 0.00000161. The molecular weight excluding hydrogens is 286 g/mol. The second-order valence-corrected chi connectivity index (χ2v) is 5.18. The first-order valence-corrected chi connectivity index (χ1v) is 7.08. The highest BCUT2D eigenvalue weighted by atomic mass is 35.5. The van der Waals surface area contributed by atoms with E-state index in [4.69, 9.17) is 0 Å². The maximum atomic E-state index is 12.0. The summed E-state index contributed by atoms with van der Waals surface area (Å²) in [5.41, 5.74) is 0.829. The highest BCUT2D eigenvalue weighted by Gasteiger charge is 2.15. The van der Waals surface area contributed by atoms with Crippen molar-refractivity contribution in [2.75, 3.05) is 18.4 Å². The minimum atomic E-state index is -0.118. The number of carbonyl (C=O) groups is 1. The molecule has 2 amide bonds. The van der Waals surface area contributed by atoms with Crippen LogP contribution in [0.5, 0.6) is 0 Å². The molecule has 112 valence electrons. The average Bonchev–Trinajstić information content (AvgIpc) is 2.48. The second kappa shape index (κ2) is 7.29. The first-order chi connectivity index (χ1) is 9.81.